The predicted octanol–water partition coefficient (Wildman–Crippen LogP) is 0.933. The number of hydrogen-bond donors (Lipinski definition) is 1. The van der Waals surface area contributed by atoms with Gasteiger partial charge in [-0.05, 0) is 13.8 Å². The van der Waals surface area contributed by atoms with E-state index >= 15 is 0 Å². The van der Waals surface area contributed by atoms with Crippen molar-refractivity contribution in [2.45, 2.75) is 39.5 Å². The highest BCUT2D eigenvalue weighted by Gasteiger charge is 2.24. The third-order valence-electron chi connectivity index (χ3n) is 2.82. The average molecular weight is 196 g/mol. The molecule has 2 heterocycles. The molecule has 2 rings (SSSR count). The minimum Gasteiger partial charge on any atom is -0.390 e. The quantitative estimate of drug-likeness (QED) is 0.764. The topological polar surface area (TPSA) is 49.5 Å². The molecule has 1 aliphatic rings. The maximum Gasteiger partial charge on any atom is 0.142 e. The molecule has 0 radical (unpaired) electrons. The Hall–Kier alpha value is -0.870. The third kappa shape index (κ3) is 1.55. The summed E-state index contributed by atoms with van der Waals surface area (Å²) in [4.78, 5) is 2.36. The third-order valence-corrected chi connectivity index (χ3v) is 2.82. The van der Waals surface area contributed by atoms with E-state index in [-0.39, 0.29) is 6.61 Å². The van der Waals surface area contributed by atoms with Gasteiger partial charge in [0.15, 0.2) is 0 Å². The van der Waals surface area contributed by atoms with Gasteiger partial charge >= 0.3 is 0 Å². The van der Waals surface area contributed by atoms with Crippen LogP contribution in [-0.4, -0.2) is 27.7 Å². The summed E-state index contributed by atoms with van der Waals surface area (Å²) in [5.41, 5.74) is 1.79. The molecule has 0 saturated carbocycles. The Bertz CT molecular complexity index is 306. The molecule has 0 unspecified atom stereocenters. The van der Waals surface area contributed by atoms with Crippen LogP contribution in [0.25, 0.3) is 0 Å². The van der Waals surface area contributed by atoms with Gasteiger partial charge in [0.25, 0.3) is 0 Å². The second kappa shape index (κ2) is 3.71. The molecule has 0 spiro atoms. The fourth-order valence-corrected chi connectivity index (χ4v) is 1.85. The summed E-state index contributed by atoms with van der Waals surface area (Å²) in [5, 5.41) is 12.9. The van der Waals surface area contributed by atoms with Crippen LogP contribution in [0, 0.1) is 0 Å². The number of rotatable bonds is 2. The van der Waals surface area contributed by atoms with E-state index in [9.17, 15) is 0 Å². The second-order valence-corrected chi connectivity index (χ2v) is 4.00. The fourth-order valence-electron chi connectivity index (χ4n) is 1.85. The van der Waals surface area contributed by atoms with Crippen molar-refractivity contribution in [2.75, 3.05) is 6.54 Å². The van der Waals surface area contributed by atoms with Gasteiger partial charge in [-0.3, -0.25) is 4.90 Å². The van der Waals surface area contributed by atoms with Gasteiger partial charge in [0.1, 0.15) is 11.5 Å². The first-order valence-corrected chi connectivity index (χ1v) is 5.03. The average Bonchev–Trinajstić information content (AvgIpc) is 2.59. The summed E-state index contributed by atoms with van der Waals surface area (Å²) in [5.74, 6) is 0.950. The molecular formula is C10H16N2O2. The van der Waals surface area contributed by atoms with Gasteiger partial charge in [0.2, 0.25) is 0 Å². The molecular weight excluding hydrogens is 180 g/mol. The largest absolute Gasteiger partial charge is 0.390 e. The molecule has 0 saturated heterocycles. The van der Waals surface area contributed by atoms with Gasteiger partial charge in [-0.15, -0.1) is 0 Å². The number of nitrogens with zero attached hydrogens (tertiary/aromatic N) is 2. The number of fused-ring (bicyclic) bond motifs is 1. The summed E-state index contributed by atoms with van der Waals surface area (Å²) in [7, 11) is 0. The van der Waals surface area contributed by atoms with Crippen LogP contribution < -0.4 is 0 Å². The first-order valence-electron chi connectivity index (χ1n) is 5.03. The molecule has 78 valence electrons. The van der Waals surface area contributed by atoms with Crippen LogP contribution in [-0.2, 0) is 19.6 Å². The Kier molecular flexibility index (Phi) is 2.56. The minimum atomic E-state index is -0.0230. The van der Waals surface area contributed by atoms with E-state index in [0.717, 1.165) is 30.8 Å². The Labute approximate surface area is 83.5 Å². The van der Waals surface area contributed by atoms with Crippen LogP contribution in [0.5, 0.6) is 0 Å². The molecule has 1 aromatic rings. The van der Waals surface area contributed by atoms with E-state index in [1.165, 1.54) is 0 Å². The minimum absolute atomic E-state index is 0.0230. The first kappa shape index (κ1) is 9.68. The SMILES string of the molecule is CC(C)N1CCc2onc(CO)c2C1. The lowest BCUT2D eigenvalue weighted by Gasteiger charge is -2.29. The molecule has 1 N–H and O–H groups in total. The number of aliphatic hydroxyl groups is 1. The molecule has 0 aliphatic carbocycles. The van der Waals surface area contributed by atoms with E-state index in [2.05, 4.69) is 23.9 Å². The zero-order valence-electron chi connectivity index (χ0n) is 8.66. The maximum atomic E-state index is 9.07. The van der Waals surface area contributed by atoms with Crippen LogP contribution >= 0.6 is 0 Å². The maximum absolute atomic E-state index is 9.07. The molecule has 1 aliphatic heterocycles. The molecule has 4 nitrogen and oxygen atoms in total. The highest BCUT2D eigenvalue weighted by molar-refractivity contribution is 5.24. The number of aliphatic hydroxyl groups excluding tert-OH is 1. The van der Waals surface area contributed by atoms with Crippen molar-refractivity contribution in [2.24, 2.45) is 0 Å². The van der Waals surface area contributed by atoms with Gasteiger partial charge in [-0.25, -0.2) is 0 Å². The van der Waals surface area contributed by atoms with Crippen LogP contribution in [0.15, 0.2) is 4.52 Å². The summed E-state index contributed by atoms with van der Waals surface area (Å²) in [6.07, 6.45) is 0.903. The highest BCUT2D eigenvalue weighted by atomic mass is 16.5. The van der Waals surface area contributed by atoms with E-state index in [1.807, 2.05) is 0 Å². The van der Waals surface area contributed by atoms with Crippen molar-refractivity contribution in [3.63, 3.8) is 0 Å². The van der Waals surface area contributed by atoms with Crippen molar-refractivity contribution in [3.8, 4) is 0 Å². The lowest BCUT2D eigenvalue weighted by molar-refractivity contribution is 0.191. The Morgan fingerprint density at radius 3 is 3.00 bits per heavy atom. The number of hydrogen-bond acceptors (Lipinski definition) is 4. The Balaban J connectivity index is 2.23. The summed E-state index contributed by atoms with van der Waals surface area (Å²) < 4.78 is 5.17. The zero-order chi connectivity index (χ0) is 10.1. The number of aromatic nitrogens is 1. The van der Waals surface area contributed by atoms with Gasteiger partial charge in [-0.1, -0.05) is 5.16 Å². The van der Waals surface area contributed by atoms with Crippen molar-refractivity contribution in [1.29, 1.82) is 0 Å². The zero-order valence-corrected chi connectivity index (χ0v) is 8.66. The molecule has 4 heteroatoms. The normalized spacial score (nSPS) is 17.4. The van der Waals surface area contributed by atoms with Gasteiger partial charge in [0.05, 0.1) is 6.61 Å². The smallest absolute Gasteiger partial charge is 0.142 e. The standard InChI is InChI=1S/C10H16N2O2/c1-7(2)12-4-3-10-8(5-12)9(6-13)11-14-10/h7,13H,3-6H2,1-2H3. The highest BCUT2D eigenvalue weighted by Crippen LogP contribution is 2.23. The van der Waals surface area contributed by atoms with Gasteiger partial charge in [0, 0.05) is 31.1 Å². The van der Waals surface area contributed by atoms with Crippen LogP contribution in [0.1, 0.15) is 30.9 Å². The lowest BCUT2D eigenvalue weighted by atomic mass is 10.1. The first-order chi connectivity index (χ1) is 6.72. The molecule has 0 amide bonds. The molecule has 0 fully saturated rings. The van der Waals surface area contributed by atoms with E-state index in [0.29, 0.717) is 11.7 Å². The van der Waals surface area contributed by atoms with Gasteiger partial charge < -0.3 is 9.63 Å². The monoisotopic (exact) mass is 196 g/mol. The molecule has 0 bridgehead atoms. The van der Waals surface area contributed by atoms with Gasteiger partial charge in [-0.2, -0.15) is 0 Å². The predicted molar refractivity (Wildman–Crippen MR) is 51.7 cm³/mol. The summed E-state index contributed by atoms with van der Waals surface area (Å²) in [6.45, 7) is 6.20. The molecule has 1 aromatic heterocycles. The van der Waals surface area contributed by atoms with Crippen LogP contribution in [0.3, 0.4) is 0 Å². The summed E-state index contributed by atoms with van der Waals surface area (Å²) >= 11 is 0. The molecule has 0 aromatic carbocycles. The van der Waals surface area contributed by atoms with Crippen LogP contribution in [0.2, 0.25) is 0 Å². The van der Waals surface area contributed by atoms with E-state index < -0.39 is 0 Å². The fraction of sp³-hybridized carbons (Fsp3) is 0.700. The van der Waals surface area contributed by atoms with Crippen molar-refractivity contribution in [1.82, 2.24) is 10.1 Å². The summed E-state index contributed by atoms with van der Waals surface area (Å²) in [6, 6.07) is 0.532. The lowest BCUT2D eigenvalue weighted by Crippen LogP contribution is -2.35. The Morgan fingerprint density at radius 1 is 1.57 bits per heavy atom. The van der Waals surface area contributed by atoms with E-state index in [1.54, 1.807) is 0 Å². The van der Waals surface area contributed by atoms with Crippen molar-refractivity contribution >= 4 is 0 Å². The van der Waals surface area contributed by atoms with E-state index in [4.69, 9.17) is 9.63 Å². The molecule has 14 heavy (non-hydrogen) atoms. The van der Waals surface area contributed by atoms with Crippen molar-refractivity contribution in [3.05, 3.63) is 17.0 Å². The Morgan fingerprint density at radius 2 is 2.36 bits per heavy atom. The molecule has 0 atom stereocenters. The van der Waals surface area contributed by atoms with Crippen molar-refractivity contribution < 1.29 is 9.63 Å². The second-order valence-electron chi connectivity index (χ2n) is 4.00. The van der Waals surface area contributed by atoms with Crippen LogP contribution in [0.4, 0.5) is 0 Å².